The Morgan fingerprint density at radius 1 is 1.17 bits per heavy atom. The highest BCUT2D eigenvalue weighted by Crippen LogP contribution is 2.17. The summed E-state index contributed by atoms with van der Waals surface area (Å²) in [4.78, 5) is 2.18. The lowest BCUT2D eigenvalue weighted by molar-refractivity contribution is 0.0572. The minimum absolute atomic E-state index is 0.525. The average Bonchev–Trinajstić information content (AvgIpc) is 2.35. The maximum atomic E-state index is 9.32. The van der Waals surface area contributed by atoms with Crippen molar-refractivity contribution < 1.29 is 10.2 Å². The number of hydrogen-bond donors (Lipinski definition) is 2. The first-order chi connectivity index (χ1) is 5.69. The molecule has 0 spiro atoms. The van der Waals surface area contributed by atoms with Gasteiger partial charge in [-0.15, -0.1) is 0 Å². The van der Waals surface area contributed by atoms with Gasteiger partial charge in [-0.05, 0) is 12.8 Å². The first kappa shape index (κ1) is 9.96. The van der Waals surface area contributed by atoms with E-state index in [2.05, 4.69) is 18.7 Å². The van der Waals surface area contributed by atoms with Crippen molar-refractivity contribution in [2.45, 2.75) is 44.9 Å². The zero-order chi connectivity index (χ0) is 9.14. The first-order valence-electron chi connectivity index (χ1n) is 4.79. The summed E-state index contributed by atoms with van der Waals surface area (Å²) >= 11 is 0. The zero-order valence-corrected chi connectivity index (χ0v) is 7.90. The van der Waals surface area contributed by atoms with E-state index >= 15 is 0 Å². The van der Waals surface area contributed by atoms with Crippen LogP contribution in [0.5, 0.6) is 0 Å². The van der Waals surface area contributed by atoms with Gasteiger partial charge in [0.15, 0.2) is 0 Å². The minimum Gasteiger partial charge on any atom is -0.389 e. The van der Waals surface area contributed by atoms with Crippen LogP contribution in [0.3, 0.4) is 0 Å². The van der Waals surface area contributed by atoms with E-state index < -0.39 is 12.2 Å². The van der Waals surface area contributed by atoms with Gasteiger partial charge in [0.05, 0.1) is 12.2 Å². The van der Waals surface area contributed by atoms with E-state index in [1.165, 1.54) is 0 Å². The van der Waals surface area contributed by atoms with E-state index in [0.717, 1.165) is 12.8 Å². The van der Waals surface area contributed by atoms with Crippen LogP contribution in [0.15, 0.2) is 0 Å². The third kappa shape index (κ3) is 1.97. The van der Waals surface area contributed by atoms with Crippen LogP contribution in [-0.2, 0) is 0 Å². The number of β-amino-alcohol motifs (C(OH)–C–C–N with tert-alkyl or cyclic N) is 2. The maximum Gasteiger partial charge on any atom is 0.0938 e. The number of hydrogen-bond acceptors (Lipinski definition) is 3. The van der Waals surface area contributed by atoms with Crippen LogP contribution in [0.25, 0.3) is 0 Å². The molecule has 0 radical (unpaired) electrons. The molecule has 0 bridgehead atoms. The van der Waals surface area contributed by atoms with Crippen molar-refractivity contribution in [3.8, 4) is 0 Å². The van der Waals surface area contributed by atoms with Crippen LogP contribution in [-0.4, -0.2) is 46.5 Å². The van der Waals surface area contributed by atoms with Crippen molar-refractivity contribution in [2.75, 3.05) is 13.1 Å². The lowest BCUT2D eigenvalue weighted by atomic mass is 10.1. The van der Waals surface area contributed by atoms with Crippen molar-refractivity contribution in [3.05, 3.63) is 0 Å². The van der Waals surface area contributed by atoms with E-state index in [1.54, 1.807) is 0 Å². The predicted molar refractivity (Wildman–Crippen MR) is 48.0 cm³/mol. The molecular formula is C9H19NO2. The highest BCUT2D eigenvalue weighted by molar-refractivity contribution is 4.86. The lowest BCUT2D eigenvalue weighted by Crippen LogP contribution is -2.33. The molecule has 1 aliphatic heterocycles. The molecule has 0 amide bonds. The highest BCUT2D eigenvalue weighted by atomic mass is 16.3. The molecular weight excluding hydrogens is 154 g/mol. The molecule has 0 aliphatic carbocycles. The quantitative estimate of drug-likeness (QED) is 0.641. The number of aliphatic hydroxyl groups excluding tert-OH is 2. The second kappa shape index (κ2) is 4.21. The van der Waals surface area contributed by atoms with Gasteiger partial charge in [-0.1, -0.05) is 13.8 Å². The van der Waals surface area contributed by atoms with Crippen LogP contribution in [0.4, 0.5) is 0 Å². The van der Waals surface area contributed by atoms with Gasteiger partial charge in [0.2, 0.25) is 0 Å². The van der Waals surface area contributed by atoms with Crippen LogP contribution < -0.4 is 0 Å². The second-order valence-corrected chi connectivity index (χ2v) is 3.56. The van der Waals surface area contributed by atoms with Crippen molar-refractivity contribution in [1.82, 2.24) is 4.90 Å². The summed E-state index contributed by atoms with van der Waals surface area (Å²) in [6.45, 7) is 5.55. The van der Waals surface area contributed by atoms with Crippen molar-refractivity contribution in [3.63, 3.8) is 0 Å². The average molecular weight is 173 g/mol. The third-order valence-electron chi connectivity index (χ3n) is 2.75. The van der Waals surface area contributed by atoms with Gasteiger partial charge in [-0.2, -0.15) is 0 Å². The summed E-state index contributed by atoms with van der Waals surface area (Å²) in [6, 6.07) is 0.525. The van der Waals surface area contributed by atoms with Crippen LogP contribution in [0.2, 0.25) is 0 Å². The summed E-state index contributed by atoms with van der Waals surface area (Å²) in [7, 11) is 0. The maximum absolute atomic E-state index is 9.32. The molecule has 2 N–H and O–H groups in total. The van der Waals surface area contributed by atoms with Crippen molar-refractivity contribution >= 4 is 0 Å². The van der Waals surface area contributed by atoms with E-state index in [-0.39, 0.29) is 0 Å². The van der Waals surface area contributed by atoms with E-state index in [0.29, 0.717) is 19.1 Å². The van der Waals surface area contributed by atoms with Gasteiger partial charge < -0.3 is 10.2 Å². The normalized spacial score (nSPS) is 31.8. The lowest BCUT2D eigenvalue weighted by Gasteiger charge is -2.24. The number of nitrogens with zero attached hydrogens (tertiary/aromatic N) is 1. The Labute approximate surface area is 74.0 Å². The largest absolute Gasteiger partial charge is 0.389 e. The fraction of sp³-hybridized carbons (Fsp3) is 1.00. The molecule has 2 atom stereocenters. The Hall–Kier alpha value is -0.120. The molecule has 1 aliphatic rings. The van der Waals surface area contributed by atoms with Gasteiger partial charge in [-0.3, -0.25) is 4.90 Å². The van der Waals surface area contributed by atoms with E-state index in [9.17, 15) is 10.2 Å². The Morgan fingerprint density at radius 2 is 1.58 bits per heavy atom. The Bertz CT molecular complexity index is 126. The molecule has 0 aromatic rings. The predicted octanol–water partition coefficient (Wildman–Crippen LogP) is 0.212. The van der Waals surface area contributed by atoms with Gasteiger partial charge in [-0.25, -0.2) is 0 Å². The van der Waals surface area contributed by atoms with Crippen molar-refractivity contribution in [2.24, 2.45) is 0 Å². The smallest absolute Gasteiger partial charge is 0.0938 e. The summed E-state index contributed by atoms with van der Waals surface area (Å²) in [5.41, 5.74) is 0. The van der Waals surface area contributed by atoms with Gasteiger partial charge >= 0.3 is 0 Å². The molecule has 72 valence electrons. The molecule has 1 heterocycles. The van der Waals surface area contributed by atoms with Gasteiger partial charge in [0.1, 0.15) is 0 Å². The molecule has 3 nitrogen and oxygen atoms in total. The first-order valence-corrected chi connectivity index (χ1v) is 4.79. The SMILES string of the molecule is CCC(CC)N1C[C@H](O)[C@@H](O)C1. The Balaban J connectivity index is 2.44. The highest BCUT2D eigenvalue weighted by Gasteiger charge is 2.32. The molecule has 0 aromatic carbocycles. The number of aliphatic hydroxyl groups is 2. The van der Waals surface area contributed by atoms with Gasteiger partial charge in [0.25, 0.3) is 0 Å². The minimum atomic E-state index is -0.536. The molecule has 1 fully saturated rings. The molecule has 3 heteroatoms. The summed E-state index contributed by atoms with van der Waals surface area (Å²) in [5, 5.41) is 18.6. The van der Waals surface area contributed by atoms with E-state index in [4.69, 9.17) is 0 Å². The fourth-order valence-electron chi connectivity index (χ4n) is 1.90. The molecule has 1 rings (SSSR count). The fourth-order valence-corrected chi connectivity index (χ4v) is 1.90. The molecule has 0 aromatic heterocycles. The van der Waals surface area contributed by atoms with E-state index in [1.807, 2.05) is 0 Å². The summed E-state index contributed by atoms with van der Waals surface area (Å²) in [6.07, 6.45) is 1.11. The standard InChI is InChI=1S/C9H19NO2/c1-3-7(4-2)10-5-8(11)9(12)6-10/h7-9,11-12H,3-6H2,1-2H3/t8-,9-/m0/s1. The molecule has 0 saturated carbocycles. The zero-order valence-electron chi connectivity index (χ0n) is 7.90. The summed E-state index contributed by atoms with van der Waals surface area (Å²) in [5.74, 6) is 0. The second-order valence-electron chi connectivity index (χ2n) is 3.56. The summed E-state index contributed by atoms with van der Waals surface area (Å²) < 4.78 is 0. The van der Waals surface area contributed by atoms with Crippen molar-refractivity contribution in [1.29, 1.82) is 0 Å². The molecule has 12 heavy (non-hydrogen) atoms. The van der Waals surface area contributed by atoms with Gasteiger partial charge in [0, 0.05) is 19.1 Å². The van der Waals surface area contributed by atoms with Crippen LogP contribution >= 0.6 is 0 Å². The molecule has 0 unspecified atom stereocenters. The molecule has 1 saturated heterocycles. The number of rotatable bonds is 3. The number of likely N-dealkylation sites (tertiary alicyclic amines) is 1. The Kier molecular flexibility index (Phi) is 3.50. The topological polar surface area (TPSA) is 43.7 Å². The monoisotopic (exact) mass is 173 g/mol. The Morgan fingerprint density at radius 3 is 1.92 bits per heavy atom. The third-order valence-corrected chi connectivity index (χ3v) is 2.75. The van der Waals surface area contributed by atoms with Crippen LogP contribution in [0.1, 0.15) is 26.7 Å². The van der Waals surface area contributed by atoms with Crippen LogP contribution in [0, 0.1) is 0 Å².